The number of benzene rings is 1. The van der Waals surface area contributed by atoms with Crippen molar-refractivity contribution in [2.24, 2.45) is 0 Å². The van der Waals surface area contributed by atoms with E-state index in [0.29, 0.717) is 19.6 Å². The Hall–Kier alpha value is -3.00. The van der Waals surface area contributed by atoms with Gasteiger partial charge in [-0.2, -0.15) is 0 Å². The highest BCUT2D eigenvalue weighted by atomic mass is 32.1. The SMILES string of the molecule is O[C@H](Cc1cccnc1)NCCOc1ccc(-c2c[nH]c(-c3cccs3)n2)cc1. The number of nitrogens with one attached hydrogen (secondary N) is 2. The van der Waals surface area contributed by atoms with Gasteiger partial charge in [-0.25, -0.2) is 4.98 Å². The first kappa shape index (κ1) is 19.3. The van der Waals surface area contributed by atoms with E-state index in [1.807, 2.05) is 60.1 Å². The van der Waals surface area contributed by atoms with Crippen LogP contribution in [0.25, 0.3) is 22.0 Å². The molecule has 0 aliphatic carbocycles. The molecule has 1 atom stereocenters. The van der Waals surface area contributed by atoms with E-state index in [0.717, 1.165) is 33.3 Å². The summed E-state index contributed by atoms with van der Waals surface area (Å²) in [5, 5.41) is 15.1. The summed E-state index contributed by atoms with van der Waals surface area (Å²) in [5.41, 5.74) is 2.92. The van der Waals surface area contributed by atoms with E-state index in [9.17, 15) is 5.11 Å². The lowest BCUT2D eigenvalue weighted by atomic mass is 10.2. The molecule has 0 bridgehead atoms. The molecular weight excluding hydrogens is 384 g/mol. The van der Waals surface area contributed by atoms with Gasteiger partial charge in [-0.05, 0) is 47.3 Å². The molecule has 0 spiro atoms. The number of imidazole rings is 1. The largest absolute Gasteiger partial charge is 0.492 e. The summed E-state index contributed by atoms with van der Waals surface area (Å²) >= 11 is 1.66. The fourth-order valence-electron chi connectivity index (χ4n) is 2.94. The number of aromatic amines is 1. The van der Waals surface area contributed by atoms with Crippen LogP contribution in [-0.4, -0.2) is 39.4 Å². The normalized spacial score (nSPS) is 12.0. The Balaban J connectivity index is 1.24. The Labute approximate surface area is 173 Å². The number of ether oxygens (including phenoxy) is 1. The van der Waals surface area contributed by atoms with Gasteiger partial charge in [-0.1, -0.05) is 12.1 Å². The maximum Gasteiger partial charge on any atom is 0.148 e. The summed E-state index contributed by atoms with van der Waals surface area (Å²) in [4.78, 5) is 13.0. The molecule has 0 fully saturated rings. The highest BCUT2D eigenvalue weighted by Crippen LogP contribution is 2.26. The molecule has 0 unspecified atom stereocenters. The summed E-state index contributed by atoms with van der Waals surface area (Å²) in [5.74, 6) is 1.66. The molecule has 4 aromatic rings. The molecule has 0 radical (unpaired) electrons. The molecule has 3 N–H and O–H groups in total. The summed E-state index contributed by atoms with van der Waals surface area (Å²) in [7, 11) is 0. The lowest BCUT2D eigenvalue weighted by Crippen LogP contribution is -2.34. The van der Waals surface area contributed by atoms with Crippen LogP contribution in [0.15, 0.2) is 72.5 Å². The van der Waals surface area contributed by atoms with Crippen LogP contribution in [0.1, 0.15) is 5.56 Å². The number of rotatable bonds is 9. The van der Waals surface area contributed by atoms with Crippen molar-refractivity contribution in [3.8, 4) is 27.7 Å². The zero-order valence-electron chi connectivity index (χ0n) is 15.8. The number of aliphatic hydroxyl groups is 1. The van der Waals surface area contributed by atoms with E-state index in [4.69, 9.17) is 4.74 Å². The smallest absolute Gasteiger partial charge is 0.148 e. The first-order chi connectivity index (χ1) is 14.3. The Bertz CT molecular complexity index is 1000. The van der Waals surface area contributed by atoms with Crippen molar-refractivity contribution in [1.82, 2.24) is 20.3 Å². The topological polar surface area (TPSA) is 83.1 Å². The lowest BCUT2D eigenvalue weighted by Gasteiger charge is -2.13. The lowest BCUT2D eigenvalue weighted by molar-refractivity contribution is 0.130. The van der Waals surface area contributed by atoms with Crippen molar-refractivity contribution in [2.75, 3.05) is 13.2 Å². The fraction of sp³-hybridized carbons (Fsp3) is 0.182. The Kier molecular flexibility index (Phi) is 6.31. The monoisotopic (exact) mass is 406 g/mol. The average Bonchev–Trinajstić information content (AvgIpc) is 3.44. The Morgan fingerprint density at radius 1 is 1.14 bits per heavy atom. The van der Waals surface area contributed by atoms with Crippen molar-refractivity contribution in [1.29, 1.82) is 0 Å². The third-order valence-electron chi connectivity index (χ3n) is 4.39. The minimum atomic E-state index is -0.623. The molecule has 0 aliphatic rings. The first-order valence-corrected chi connectivity index (χ1v) is 10.3. The van der Waals surface area contributed by atoms with Gasteiger partial charge in [0.1, 0.15) is 24.4 Å². The van der Waals surface area contributed by atoms with Crippen LogP contribution in [0.3, 0.4) is 0 Å². The second-order valence-corrected chi connectivity index (χ2v) is 7.47. The highest BCUT2D eigenvalue weighted by Gasteiger charge is 2.07. The number of H-pyrrole nitrogens is 1. The van der Waals surface area contributed by atoms with E-state index >= 15 is 0 Å². The van der Waals surface area contributed by atoms with Crippen molar-refractivity contribution < 1.29 is 9.84 Å². The van der Waals surface area contributed by atoms with Gasteiger partial charge in [0, 0.05) is 37.1 Å². The predicted octanol–water partition coefficient (Wildman–Crippen LogP) is 3.73. The zero-order chi connectivity index (χ0) is 19.9. The first-order valence-electron chi connectivity index (χ1n) is 9.41. The van der Waals surface area contributed by atoms with Crippen LogP contribution >= 0.6 is 11.3 Å². The predicted molar refractivity (Wildman–Crippen MR) is 115 cm³/mol. The van der Waals surface area contributed by atoms with Gasteiger partial charge in [0.25, 0.3) is 0 Å². The van der Waals surface area contributed by atoms with Crippen LogP contribution in [0.5, 0.6) is 5.75 Å². The molecule has 6 nitrogen and oxygen atoms in total. The summed E-state index contributed by atoms with van der Waals surface area (Å²) in [6.07, 6.45) is 5.28. The molecule has 0 amide bonds. The maximum atomic E-state index is 10.0. The average molecular weight is 407 g/mol. The Morgan fingerprint density at radius 3 is 2.79 bits per heavy atom. The van der Waals surface area contributed by atoms with Gasteiger partial charge in [-0.15, -0.1) is 11.3 Å². The number of hydrogen-bond donors (Lipinski definition) is 3. The minimum absolute atomic E-state index is 0.467. The molecule has 0 aliphatic heterocycles. The van der Waals surface area contributed by atoms with Crippen LogP contribution < -0.4 is 10.1 Å². The third kappa shape index (κ3) is 5.29. The molecule has 0 saturated heterocycles. The van der Waals surface area contributed by atoms with E-state index in [-0.39, 0.29) is 0 Å². The fourth-order valence-corrected chi connectivity index (χ4v) is 3.62. The number of aliphatic hydroxyl groups excluding tert-OH is 1. The van der Waals surface area contributed by atoms with E-state index in [1.54, 1.807) is 23.7 Å². The quantitative estimate of drug-likeness (QED) is 0.291. The van der Waals surface area contributed by atoms with Gasteiger partial charge < -0.3 is 14.8 Å². The van der Waals surface area contributed by atoms with Crippen molar-refractivity contribution in [3.05, 3.63) is 78.1 Å². The molecule has 7 heteroatoms. The van der Waals surface area contributed by atoms with Crippen molar-refractivity contribution in [2.45, 2.75) is 12.6 Å². The van der Waals surface area contributed by atoms with E-state index in [2.05, 4.69) is 20.3 Å². The van der Waals surface area contributed by atoms with Crippen molar-refractivity contribution >= 4 is 11.3 Å². The number of nitrogens with zero attached hydrogens (tertiary/aromatic N) is 2. The maximum absolute atomic E-state index is 10.0. The zero-order valence-corrected chi connectivity index (χ0v) is 16.6. The second-order valence-electron chi connectivity index (χ2n) is 6.52. The number of aromatic nitrogens is 3. The third-order valence-corrected chi connectivity index (χ3v) is 5.26. The molecule has 29 heavy (non-hydrogen) atoms. The number of hydrogen-bond acceptors (Lipinski definition) is 6. The molecular formula is C22H22N4O2S. The van der Waals surface area contributed by atoms with Crippen LogP contribution in [-0.2, 0) is 6.42 Å². The summed E-state index contributed by atoms with van der Waals surface area (Å²) in [6, 6.07) is 15.7. The highest BCUT2D eigenvalue weighted by molar-refractivity contribution is 7.13. The molecule has 3 heterocycles. The van der Waals surface area contributed by atoms with Gasteiger partial charge in [0.15, 0.2) is 0 Å². The molecule has 1 aromatic carbocycles. The van der Waals surface area contributed by atoms with Gasteiger partial charge >= 0.3 is 0 Å². The summed E-state index contributed by atoms with van der Waals surface area (Å²) < 4.78 is 5.75. The van der Waals surface area contributed by atoms with E-state index < -0.39 is 6.23 Å². The van der Waals surface area contributed by atoms with Crippen LogP contribution in [0.4, 0.5) is 0 Å². The Morgan fingerprint density at radius 2 is 2.03 bits per heavy atom. The minimum Gasteiger partial charge on any atom is -0.492 e. The molecule has 4 rings (SSSR count). The molecule has 148 valence electrons. The van der Waals surface area contributed by atoms with E-state index in [1.165, 1.54) is 0 Å². The second kappa shape index (κ2) is 9.47. The van der Waals surface area contributed by atoms with Gasteiger partial charge in [0.05, 0.1) is 10.6 Å². The number of pyridine rings is 1. The number of thiophene rings is 1. The summed E-state index contributed by atoms with van der Waals surface area (Å²) in [6.45, 7) is 1.01. The molecule has 3 aromatic heterocycles. The molecule has 0 saturated carbocycles. The van der Waals surface area contributed by atoms with Gasteiger partial charge in [0.2, 0.25) is 0 Å². The van der Waals surface area contributed by atoms with Crippen LogP contribution in [0.2, 0.25) is 0 Å². The standard InChI is InChI=1S/C22H22N4O2S/c27-21(13-16-3-1-9-23-14-16)24-10-11-28-18-7-5-17(6-8-18)19-15-25-22(26-19)20-4-2-12-29-20/h1-9,12,14-15,21,24,27H,10-11,13H2,(H,25,26)/t21-/m1/s1. The van der Waals surface area contributed by atoms with Crippen LogP contribution in [0, 0.1) is 0 Å². The van der Waals surface area contributed by atoms with Gasteiger partial charge in [-0.3, -0.25) is 10.3 Å². The van der Waals surface area contributed by atoms with Crippen molar-refractivity contribution in [3.63, 3.8) is 0 Å².